The molecule has 9 nitrogen and oxygen atoms in total. The van der Waals surface area contributed by atoms with Gasteiger partial charge in [0.15, 0.2) is 21.4 Å². The van der Waals surface area contributed by atoms with Gasteiger partial charge in [-0.3, -0.25) is 0 Å². The van der Waals surface area contributed by atoms with Crippen LogP contribution in [0.25, 0.3) is 198 Å². The minimum atomic E-state index is -3.17. The van der Waals surface area contributed by atoms with Crippen LogP contribution in [0.2, 0.25) is 0 Å². The van der Waals surface area contributed by atoms with Crippen LogP contribution in [-0.4, -0.2) is 27.4 Å². The Balaban J connectivity index is 0.000000102. The molecule has 0 amide bonds. The second-order valence-electron chi connectivity index (χ2n) is 36.1. The summed E-state index contributed by atoms with van der Waals surface area (Å²) in [4.78, 5) is 0. The third kappa shape index (κ3) is 11.3. The average molecular weight is 1820 g/mol. The van der Waals surface area contributed by atoms with E-state index in [0.717, 1.165) is 192 Å². The van der Waals surface area contributed by atoms with Gasteiger partial charge >= 0.3 is 0 Å². The van der Waals surface area contributed by atoms with E-state index < -0.39 is 21.4 Å². The molecule has 0 aliphatic carbocycles. The summed E-state index contributed by atoms with van der Waals surface area (Å²) in [6.45, 7) is 0. The predicted molar refractivity (Wildman–Crippen MR) is 581 cm³/mol. The van der Waals surface area contributed by atoms with Crippen LogP contribution in [0, 0.1) is 0 Å². The van der Waals surface area contributed by atoms with E-state index in [4.69, 9.17) is 0 Å². The fraction of sp³-hybridized carbons (Fsp3) is 0. The molecule has 648 valence electrons. The maximum atomic E-state index is 15.8. The lowest BCUT2D eigenvalue weighted by Gasteiger charge is -2.17. The lowest BCUT2D eigenvalue weighted by Crippen LogP contribution is -2.21. The van der Waals surface area contributed by atoms with Crippen LogP contribution >= 0.6 is 21.4 Å². The molecular formula is C126H81N6O3P3. The second-order valence-corrected chi connectivity index (χ2v) is 44.1. The molecule has 0 saturated carbocycles. The van der Waals surface area contributed by atoms with Gasteiger partial charge in [0.2, 0.25) is 0 Å². The Morgan fingerprint density at radius 2 is 0.399 bits per heavy atom. The van der Waals surface area contributed by atoms with Gasteiger partial charge in [0, 0.05) is 141 Å². The Hall–Kier alpha value is -16.9. The zero-order chi connectivity index (χ0) is 91.2. The van der Waals surface area contributed by atoms with Crippen molar-refractivity contribution in [3.8, 4) is 67.5 Å². The molecule has 3 atom stereocenters. The van der Waals surface area contributed by atoms with Crippen molar-refractivity contribution in [2.45, 2.75) is 0 Å². The zero-order valence-corrected chi connectivity index (χ0v) is 77.2. The van der Waals surface area contributed by atoms with E-state index in [0.29, 0.717) is 0 Å². The summed E-state index contributed by atoms with van der Waals surface area (Å²) < 4.78 is 61.4. The van der Waals surface area contributed by atoms with E-state index in [1.807, 2.05) is 109 Å². The molecule has 0 N–H and O–H groups in total. The number of nitrogens with zero attached hydrogens (tertiary/aromatic N) is 6. The number of benzene rings is 21. The maximum absolute atomic E-state index is 15.8. The van der Waals surface area contributed by atoms with Gasteiger partial charge < -0.3 is 41.1 Å². The number of para-hydroxylation sites is 9. The Morgan fingerprint density at radius 1 is 0.145 bits per heavy atom. The van der Waals surface area contributed by atoms with Gasteiger partial charge in [-0.25, -0.2) is 0 Å². The molecule has 0 spiro atoms. The summed E-state index contributed by atoms with van der Waals surface area (Å²) >= 11 is 0. The van der Waals surface area contributed by atoms with Crippen molar-refractivity contribution in [2.75, 3.05) is 0 Å². The van der Waals surface area contributed by atoms with Crippen LogP contribution in [0.5, 0.6) is 0 Å². The van der Waals surface area contributed by atoms with E-state index in [9.17, 15) is 0 Å². The van der Waals surface area contributed by atoms with Gasteiger partial charge in [-0.15, -0.1) is 0 Å². The smallest absolute Gasteiger partial charge is 0.172 e. The molecule has 0 fully saturated rings. The van der Waals surface area contributed by atoms with Crippen molar-refractivity contribution in [3.05, 3.63) is 491 Å². The van der Waals surface area contributed by atoms with Crippen molar-refractivity contribution in [2.24, 2.45) is 0 Å². The highest BCUT2D eigenvalue weighted by Crippen LogP contribution is 2.60. The van der Waals surface area contributed by atoms with Crippen LogP contribution in [0.15, 0.2) is 491 Å². The minimum absolute atomic E-state index is 0.874. The van der Waals surface area contributed by atoms with E-state index in [2.05, 4.69) is 410 Å². The predicted octanol–water partition coefficient (Wildman–Crippen LogP) is 28.5. The number of aromatic nitrogens is 6. The van der Waals surface area contributed by atoms with Crippen molar-refractivity contribution >= 4 is 200 Å². The molecule has 12 heteroatoms. The minimum Gasteiger partial charge on any atom is -0.309 e. The van der Waals surface area contributed by atoms with Gasteiger partial charge in [0.05, 0.1) is 71.9 Å². The first-order valence-electron chi connectivity index (χ1n) is 46.9. The first-order valence-corrected chi connectivity index (χ1v) is 52.1. The Labute approximate surface area is 794 Å². The van der Waals surface area contributed by atoms with E-state index in [1.165, 1.54) is 54.4 Å². The number of fused-ring (bicyclic) bond motifs is 30. The first kappa shape index (κ1) is 79.6. The number of rotatable bonds is 9. The lowest BCUT2D eigenvalue weighted by molar-refractivity contribution is 0.592. The van der Waals surface area contributed by atoms with Crippen molar-refractivity contribution < 1.29 is 13.7 Å². The fourth-order valence-corrected chi connectivity index (χ4v) is 33.4. The van der Waals surface area contributed by atoms with E-state index >= 15 is 13.7 Å². The molecule has 0 bridgehead atoms. The van der Waals surface area contributed by atoms with E-state index in [1.54, 1.807) is 0 Å². The van der Waals surface area contributed by atoms with Crippen molar-refractivity contribution in [3.63, 3.8) is 0 Å². The van der Waals surface area contributed by atoms with Gasteiger partial charge in [-0.2, -0.15) is 0 Å². The van der Waals surface area contributed by atoms with Crippen molar-refractivity contribution in [1.82, 2.24) is 27.4 Å². The summed E-state index contributed by atoms with van der Waals surface area (Å²) in [5, 5.41) is 22.1. The molecule has 27 aromatic rings. The molecule has 0 radical (unpaired) electrons. The lowest BCUT2D eigenvalue weighted by atomic mass is 10.0. The van der Waals surface area contributed by atoms with Gasteiger partial charge in [0.1, 0.15) is 0 Å². The van der Waals surface area contributed by atoms with Crippen LogP contribution in [0.4, 0.5) is 0 Å². The standard InChI is InChI=1S/3C42H27N2OP/c45-46(29-16-5-2-6-17-29)39-25-12-9-18-30(39)31-26-27-38-41(42(31)46)33-20-8-11-22-35(33)44(38)37-24-13-23-36-40(37)32-19-7-10-21-34(32)43(36)28-14-3-1-4-15-28;45-46(30-15-5-2-6-16-30)40-22-12-9-18-32(40)33-24-26-39-41(42(33)46)34-19-8-11-21-37(34)44(39)29-23-25-38-35(27-29)31-17-7-10-20-36(31)43(38)28-13-3-1-4-14-28;45-46(30-15-5-2-6-16-30)40-22-12-9-18-33(40)34-25-26-38-41(42(34)46)35-19-8-11-21-37(35)44(38)29-23-24-32-31-17-7-10-20-36(31)43(39(32)27-29)28-13-3-1-4-14-28/h3*1-27H. The molecule has 30 rings (SSSR count). The normalized spacial score (nSPS) is 15.6. The molecule has 3 unspecified atom stereocenters. The molecule has 6 aromatic heterocycles. The van der Waals surface area contributed by atoms with E-state index in [-0.39, 0.29) is 0 Å². The third-order valence-corrected chi connectivity index (χ3v) is 38.7. The highest BCUT2D eigenvalue weighted by molar-refractivity contribution is 7.88. The highest BCUT2D eigenvalue weighted by Gasteiger charge is 2.46. The third-order valence-electron chi connectivity index (χ3n) is 29.1. The number of hydrogen-bond donors (Lipinski definition) is 0. The fourth-order valence-electron chi connectivity index (χ4n) is 23.5. The topological polar surface area (TPSA) is 80.8 Å². The number of hydrogen-bond acceptors (Lipinski definition) is 3. The molecule has 3 aliphatic heterocycles. The zero-order valence-electron chi connectivity index (χ0n) is 74.5. The SMILES string of the molecule is O=P1(c2ccccc2)c2ccccc2-c2ccc3c(c21)c1ccccc1n3-c1ccc2c(c1)c1ccccc1n2-c1ccccc1.O=P1(c2ccccc2)c2ccccc2-c2ccc3c(c21)c1ccccc1n3-c1ccc2c3ccccc3n(-c3ccccc3)c2c1.O=P1(c2ccccc2)c2ccccc2-c2ccc3c(c21)c1ccccc1n3-c1cccc2c1c1ccccc1n2-c1ccccc1. The van der Waals surface area contributed by atoms with Gasteiger partial charge in [0.25, 0.3) is 0 Å². The van der Waals surface area contributed by atoms with Crippen LogP contribution in [0.3, 0.4) is 0 Å². The van der Waals surface area contributed by atoms with Crippen molar-refractivity contribution in [1.29, 1.82) is 0 Å². The highest BCUT2D eigenvalue weighted by atomic mass is 31.2. The Morgan fingerprint density at radius 3 is 0.804 bits per heavy atom. The summed E-state index contributed by atoms with van der Waals surface area (Å²) in [7, 11) is -9.48. The van der Waals surface area contributed by atoms with Gasteiger partial charge in [-0.1, -0.05) is 358 Å². The Kier molecular flexibility index (Phi) is 17.8. The average Bonchev–Trinajstić information content (AvgIpc) is 1.54. The molecule has 138 heavy (non-hydrogen) atoms. The van der Waals surface area contributed by atoms with Crippen LogP contribution in [0.1, 0.15) is 0 Å². The first-order chi connectivity index (χ1) is 68.2. The summed E-state index contributed by atoms with van der Waals surface area (Å²) in [5.74, 6) is 0. The maximum Gasteiger partial charge on any atom is 0.172 e. The summed E-state index contributed by atoms with van der Waals surface area (Å²) in [6.07, 6.45) is 0. The molecule has 21 aromatic carbocycles. The van der Waals surface area contributed by atoms with Crippen LogP contribution < -0.4 is 47.7 Å². The monoisotopic (exact) mass is 1820 g/mol. The van der Waals surface area contributed by atoms with Crippen LogP contribution in [-0.2, 0) is 13.7 Å². The molecule has 9 heterocycles. The Bertz CT molecular complexity index is 9920. The molecule has 0 saturated heterocycles. The summed E-state index contributed by atoms with van der Waals surface area (Å²) in [5.41, 5.74) is 26.6. The largest absolute Gasteiger partial charge is 0.309 e. The quantitative estimate of drug-likeness (QED) is 0.135. The summed E-state index contributed by atoms with van der Waals surface area (Å²) in [6, 6.07) is 172. The molecule has 3 aliphatic rings. The molecular weight excluding hydrogens is 1740 g/mol. The second kappa shape index (κ2) is 30.8. The van der Waals surface area contributed by atoms with Gasteiger partial charge in [-0.05, 0) is 167 Å².